The molecule has 0 radical (unpaired) electrons. The molecular formula is C16H17F2N5O4S. The van der Waals surface area contributed by atoms with Crippen molar-refractivity contribution in [1.29, 1.82) is 0 Å². The van der Waals surface area contributed by atoms with Gasteiger partial charge < -0.3 is 4.74 Å². The predicted molar refractivity (Wildman–Crippen MR) is 98.9 cm³/mol. The SMILES string of the molecule is C/C(=N/NC(=O)CSc1nn(C)c(=O)n(C)c1=O)c1cccc(OC(F)F)c1. The Labute approximate surface area is 162 Å². The van der Waals surface area contributed by atoms with Crippen LogP contribution in [0.1, 0.15) is 12.5 Å². The third kappa shape index (κ3) is 5.49. The summed E-state index contributed by atoms with van der Waals surface area (Å²) in [7, 11) is 2.71. The Morgan fingerprint density at radius 2 is 2.07 bits per heavy atom. The molecule has 1 aromatic heterocycles. The minimum absolute atomic E-state index is 0.00250. The minimum Gasteiger partial charge on any atom is -0.435 e. The molecule has 28 heavy (non-hydrogen) atoms. The number of amides is 1. The molecule has 0 aliphatic rings. The molecule has 0 unspecified atom stereocenters. The Hall–Kier alpha value is -3.02. The zero-order chi connectivity index (χ0) is 20.8. The standard InChI is InChI=1S/C16H17F2N5O4S/c1-9(10-5-4-6-11(7-10)27-15(17)18)19-20-12(24)8-28-13-14(25)22(2)16(26)23(3)21-13/h4-7,15H,8H2,1-3H3,(H,20,24)/b19-9-. The normalized spacial score (nSPS) is 11.6. The van der Waals surface area contributed by atoms with Crippen molar-refractivity contribution in [1.82, 2.24) is 19.8 Å². The Balaban J connectivity index is 2.00. The second-order valence-electron chi connectivity index (χ2n) is 5.50. The van der Waals surface area contributed by atoms with Gasteiger partial charge in [-0.25, -0.2) is 14.9 Å². The molecule has 1 amide bonds. The number of carbonyl (C=O) groups is 1. The minimum atomic E-state index is -2.94. The van der Waals surface area contributed by atoms with E-state index in [0.29, 0.717) is 11.3 Å². The quantitative estimate of drug-likeness (QED) is 0.407. The average Bonchev–Trinajstić information content (AvgIpc) is 2.65. The average molecular weight is 413 g/mol. The van der Waals surface area contributed by atoms with Gasteiger partial charge in [0.1, 0.15) is 5.75 Å². The summed E-state index contributed by atoms with van der Waals surface area (Å²) in [5.74, 6) is -0.700. The summed E-state index contributed by atoms with van der Waals surface area (Å²) in [5, 5.41) is 7.72. The maximum absolute atomic E-state index is 12.3. The Morgan fingerprint density at radius 1 is 1.36 bits per heavy atom. The largest absolute Gasteiger partial charge is 0.435 e. The van der Waals surface area contributed by atoms with Gasteiger partial charge >= 0.3 is 12.3 Å². The smallest absolute Gasteiger partial charge is 0.387 e. The summed E-state index contributed by atoms with van der Waals surface area (Å²) < 4.78 is 30.8. The van der Waals surface area contributed by atoms with Gasteiger partial charge in [-0.2, -0.15) is 19.0 Å². The van der Waals surface area contributed by atoms with E-state index in [2.05, 4.69) is 20.4 Å². The first-order chi connectivity index (χ1) is 13.2. The van der Waals surface area contributed by atoms with Gasteiger partial charge in [-0.05, 0) is 19.1 Å². The molecule has 0 spiro atoms. The Bertz CT molecular complexity index is 1020. The molecule has 2 aromatic rings. The van der Waals surface area contributed by atoms with Crippen molar-refractivity contribution in [3.63, 3.8) is 0 Å². The number of hydrogen-bond donors (Lipinski definition) is 1. The fraction of sp³-hybridized carbons (Fsp3) is 0.312. The third-order valence-corrected chi connectivity index (χ3v) is 4.39. The van der Waals surface area contributed by atoms with Crippen molar-refractivity contribution in [3.05, 3.63) is 50.7 Å². The monoisotopic (exact) mass is 413 g/mol. The molecular weight excluding hydrogens is 396 g/mol. The summed E-state index contributed by atoms with van der Waals surface area (Å²) in [5.41, 5.74) is 1.99. The molecule has 0 aliphatic carbocycles. The lowest BCUT2D eigenvalue weighted by atomic mass is 10.1. The summed E-state index contributed by atoms with van der Waals surface area (Å²) in [6.07, 6.45) is 0. The van der Waals surface area contributed by atoms with Crippen molar-refractivity contribution in [3.8, 4) is 5.75 Å². The molecule has 12 heteroatoms. The van der Waals surface area contributed by atoms with Crippen LogP contribution in [0.15, 0.2) is 44.0 Å². The van der Waals surface area contributed by atoms with Crippen LogP contribution in [0.3, 0.4) is 0 Å². The Morgan fingerprint density at radius 3 is 2.75 bits per heavy atom. The van der Waals surface area contributed by atoms with E-state index < -0.39 is 23.8 Å². The fourth-order valence-electron chi connectivity index (χ4n) is 2.03. The number of thioether (sulfide) groups is 1. The number of halogens is 2. The molecule has 1 N–H and O–H groups in total. The van der Waals surface area contributed by atoms with E-state index in [1.54, 1.807) is 13.0 Å². The van der Waals surface area contributed by atoms with Crippen LogP contribution in [-0.2, 0) is 18.9 Å². The molecule has 0 aliphatic heterocycles. The molecule has 0 fully saturated rings. The molecule has 0 saturated heterocycles. The number of aromatic nitrogens is 3. The third-order valence-electron chi connectivity index (χ3n) is 3.46. The highest BCUT2D eigenvalue weighted by atomic mass is 32.2. The van der Waals surface area contributed by atoms with Crippen LogP contribution in [-0.4, -0.2) is 38.3 Å². The number of nitrogens with one attached hydrogen (secondary N) is 1. The van der Waals surface area contributed by atoms with E-state index in [4.69, 9.17) is 0 Å². The number of benzene rings is 1. The van der Waals surface area contributed by atoms with Crippen LogP contribution in [0.5, 0.6) is 5.75 Å². The van der Waals surface area contributed by atoms with E-state index >= 15 is 0 Å². The molecule has 0 atom stereocenters. The van der Waals surface area contributed by atoms with Gasteiger partial charge in [0.25, 0.3) is 5.56 Å². The number of aryl methyl sites for hydroxylation is 1. The molecule has 1 aromatic carbocycles. The van der Waals surface area contributed by atoms with Crippen LogP contribution in [0.25, 0.3) is 0 Å². The van der Waals surface area contributed by atoms with Crippen molar-refractivity contribution in [2.75, 3.05) is 5.75 Å². The summed E-state index contributed by atoms with van der Waals surface area (Å²) >= 11 is 0.860. The van der Waals surface area contributed by atoms with E-state index in [0.717, 1.165) is 21.0 Å². The van der Waals surface area contributed by atoms with Crippen LogP contribution in [0, 0.1) is 0 Å². The summed E-state index contributed by atoms with van der Waals surface area (Å²) in [4.78, 5) is 35.5. The number of nitrogens with zero attached hydrogens (tertiary/aromatic N) is 4. The molecule has 1 heterocycles. The van der Waals surface area contributed by atoms with Crippen LogP contribution < -0.4 is 21.4 Å². The topological polar surface area (TPSA) is 108 Å². The zero-order valence-electron chi connectivity index (χ0n) is 15.2. The molecule has 0 bridgehead atoms. The summed E-state index contributed by atoms with van der Waals surface area (Å²) in [6.45, 7) is -1.36. The second kappa shape index (κ2) is 9.26. The van der Waals surface area contributed by atoms with E-state index in [-0.39, 0.29) is 16.5 Å². The molecule has 2 rings (SSSR count). The van der Waals surface area contributed by atoms with Gasteiger partial charge in [0.15, 0.2) is 5.03 Å². The van der Waals surface area contributed by atoms with Gasteiger partial charge in [0.05, 0.1) is 11.5 Å². The van der Waals surface area contributed by atoms with E-state index in [9.17, 15) is 23.2 Å². The zero-order valence-corrected chi connectivity index (χ0v) is 16.0. The van der Waals surface area contributed by atoms with Crippen molar-refractivity contribution in [2.45, 2.75) is 18.6 Å². The number of alkyl halides is 2. The van der Waals surface area contributed by atoms with Gasteiger partial charge in [-0.1, -0.05) is 23.9 Å². The first-order valence-electron chi connectivity index (χ1n) is 7.84. The predicted octanol–water partition coefficient (Wildman–Crippen LogP) is 0.713. The van der Waals surface area contributed by atoms with Crippen molar-refractivity contribution in [2.24, 2.45) is 19.2 Å². The number of ether oxygens (including phenoxy) is 1. The molecule has 9 nitrogen and oxygen atoms in total. The number of hydrazone groups is 1. The Kier molecular flexibility index (Phi) is 7.04. The van der Waals surface area contributed by atoms with E-state index in [1.165, 1.54) is 32.3 Å². The van der Waals surface area contributed by atoms with E-state index in [1.807, 2.05) is 0 Å². The number of hydrogen-bond acceptors (Lipinski definition) is 7. The van der Waals surface area contributed by atoms with Crippen LogP contribution >= 0.6 is 11.8 Å². The fourth-order valence-corrected chi connectivity index (χ4v) is 2.81. The highest BCUT2D eigenvalue weighted by Crippen LogP contribution is 2.16. The second-order valence-corrected chi connectivity index (χ2v) is 6.47. The maximum Gasteiger partial charge on any atom is 0.387 e. The molecule has 0 saturated carbocycles. The van der Waals surface area contributed by atoms with Gasteiger partial charge in [0, 0.05) is 19.7 Å². The van der Waals surface area contributed by atoms with Gasteiger partial charge in [-0.15, -0.1) is 0 Å². The van der Waals surface area contributed by atoms with Gasteiger partial charge in [0.2, 0.25) is 5.91 Å². The first kappa shape index (κ1) is 21.3. The lowest BCUT2D eigenvalue weighted by molar-refractivity contribution is -0.118. The highest BCUT2D eigenvalue weighted by molar-refractivity contribution is 7.99. The first-order valence-corrected chi connectivity index (χ1v) is 8.83. The maximum atomic E-state index is 12.3. The van der Waals surface area contributed by atoms with Crippen molar-refractivity contribution >= 4 is 23.4 Å². The van der Waals surface area contributed by atoms with Gasteiger partial charge in [-0.3, -0.25) is 14.2 Å². The highest BCUT2D eigenvalue weighted by Gasteiger charge is 2.12. The van der Waals surface area contributed by atoms with Crippen LogP contribution in [0.4, 0.5) is 8.78 Å². The number of rotatable bonds is 7. The lowest BCUT2D eigenvalue weighted by Gasteiger charge is -2.07. The lowest BCUT2D eigenvalue weighted by Crippen LogP contribution is -2.39. The number of carbonyl (C=O) groups excluding carboxylic acids is 1. The van der Waals surface area contributed by atoms with Crippen LogP contribution in [0.2, 0.25) is 0 Å². The van der Waals surface area contributed by atoms with Crippen molar-refractivity contribution < 1.29 is 18.3 Å². The molecule has 150 valence electrons. The summed E-state index contributed by atoms with van der Waals surface area (Å²) in [6, 6.07) is 5.88.